The summed E-state index contributed by atoms with van der Waals surface area (Å²) < 4.78 is 0. The lowest BCUT2D eigenvalue weighted by Crippen LogP contribution is -2.41. The fraction of sp³-hybridized carbons (Fsp3) is 0.375. The highest BCUT2D eigenvalue weighted by Gasteiger charge is 2.33. The average Bonchev–Trinajstić information content (AvgIpc) is 2.45. The first-order chi connectivity index (χ1) is 9.25. The van der Waals surface area contributed by atoms with E-state index in [4.69, 9.17) is 0 Å². The Kier molecular flexibility index (Phi) is 3.20. The van der Waals surface area contributed by atoms with Crippen LogP contribution in [0.3, 0.4) is 0 Å². The molecule has 1 aromatic rings. The molecule has 98 valence electrons. The third kappa shape index (κ3) is 2.33. The van der Waals surface area contributed by atoms with Crippen LogP contribution in [0.5, 0.6) is 0 Å². The standard InChI is InChI=1S/C16H17NO2/c18-15-10-13-8-4-5-9-14(13)16(19)17(15)11-12-6-2-1-3-7-12/h1-3,6-7H,4-5,8-11H2. The van der Waals surface area contributed by atoms with Crippen LogP contribution >= 0.6 is 0 Å². The monoisotopic (exact) mass is 255 g/mol. The number of carbonyl (C=O) groups is 2. The molecule has 3 rings (SSSR count). The molecule has 2 amide bonds. The first kappa shape index (κ1) is 12.2. The Bertz CT molecular complexity index is 545. The fourth-order valence-corrected chi connectivity index (χ4v) is 2.90. The van der Waals surface area contributed by atoms with Gasteiger partial charge in [0.1, 0.15) is 0 Å². The van der Waals surface area contributed by atoms with Gasteiger partial charge in [-0.2, -0.15) is 0 Å². The molecule has 3 heteroatoms. The van der Waals surface area contributed by atoms with Crippen molar-refractivity contribution < 1.29 is 9.59 Å². The van der Waals surface area contributed by atoms with Crippen molar-refractivity contribution in [2.75, 3.05) is 0 Å². The summed E-state index contributed by atoms with van der Waals surface area (Å²) in [5.41, 5.74) is 3.00. The van der Waals surface area contributed by atoms with Crippen LogP contribution in [-0.4, -0.2) is 16.7 Å². The second kappa shape index (κ2) is 5.00. The van der Waals surface area contributed by atoms with Crippen LogP contribution in [0.2, 0.25) is 0 Å². The zero-order chi connectivity index (χ0) is 13.2. The summed E-state index contributed by atoms with van der Waals surface area (Å²) in [5, 5.41) is 0. The maximum absolute atomic E-state index is 12.4. The van der Waals surface area contributed by atoms with Gasteiger partial charge in [-0.15, -0.1) is 0 Å². The predicted octanol–water partition coefficient (Wildman–Crippen LogP) is 2.82. The van der Waals surface area contributed by atoms with Crippen molar-refractivity contribution >= 4 is 11.8 Å². The summed E-state index contributed by atoms with van der Waals surface area (Å²) in [6.07, 6.45) is 4.38. The number of hydrogen-bond donors (Lipinski definition) is 0. The van der Waals surface area contributed by atoms with Gasteiger partial charge in [0, 0.05) is 12.0 Å². The van der Waals surface area contributed by atoms with Crippen molar-refractivity contribution in [2.24, 2.45) is 0 Å². The molecule has 1 aliphatic heterocycles. The number of hydrogen-bond acceptors (Lipinski definition) is 2. The summed E-state index contributed by atoms with van der Waals surface area (Å²) in [5.74, 6) is -0.107. The molecule has 1 heterocycles. The summed E-state index contributed by atoms with van der Waals surface area (Å²) in [4.78, 5) is 26.0. The van der Waals surface area contributed by atoms with E-state index >= 15 is 0 Å². The number of rotatable bonds is 2. The van der Waals surface area contributed by atoms with Gasteiger partial charge >= 0.3 is 0 Å². The van der Waals surface area contributed by atoms with E-state index in [1.165, 1.54) is 4.90 Å². The van der Waals surface area contributed by atoms with E-state index < -0.39 is 0 Å². The van der Waals surface area contributed by atoms with Crippen molar-refractivity contribution in [3.05, 3.63) is 47.0 Å². The lowest BCUT2D eigenvalue weighted by atomic mass is 9.86. The van der Waals surface area contributed by atoms with Crippen LogP contribution < -0.4 is 0 Å². The predicted molar refractivity (Wildman–Crippen MR) is 72.1 cm³/mol. The molecular weight excluding hydrogens is 238 g/mol. The number of benzene rings is 1. The Hall–Kier alpha value is -1.90. The third-order valence-corrected chi connectivity index (χ3v) is 3.93. The summed E-state index contributed by atoms with van der Waals surface area (Å²) in [6, 6.07) is 9.70. The molecule has 0 bridgehead atoms. The Labute approximate surface area is 112 Å². The van der Waals surface area contributed by atoms with Gasteiger partial charge in [0.15, 0.2) is 0 Å². The fourth-order valence-electron chi connectivity index (χ4n) is 2.90. The molecule has 0 saturated carbocycles. The van der Waals surface area contributed by atoms with Crippen molar-refractivity contribution in [1.82, 2.24) is 4.90 Å². The highest BCUT2D eigenvalue weighted by molar-refractivity contribution is 6.08. The summed E-state index contributed by atoms with van der Waals surface area (Å²) >= 11 is 0. The van der Waals surface area contributed by atoms with Crippen LogP contribution in [0.1, 0.15) is 37.7 Å². The largest absolute Gasteiger partial charge is 0.274 e. The SMILES string of the molecule is O=C1CC2=C(CCCC2)C(=O)N1Cc1ccccc1. The highest BCUT2D eigenvalue weighted by Crippen LogP contribution is 2.32. The van der Waals surface area contributed by atoms with Gasteiger partial charge in [0.2, 0.25) is 5.91 Å². The number of imide groups is 1. The molecular formula is C16H17NO2. The van der Waals surface area contributed by atoms with E-state index in [0.29, 0.717) is 13.0 Å². The number of nitrogens with zero attached hydrogens (tertiary/aromatic N) is 1. The molecule has 0 unspecified atom stereocenters. The summed E-state index contributed by atoms with van der Waals surface area (Å²) in [6.45, 7) is 0.398. The second-order valence-electron chi connectivity index (χ2n) is 5.24. The molecule has 3 nitrogen and oxygen atoms in total. The molecule has 1 aliphatic carbocycles. The number of carbonyl (C=O) groups excluding carboxylic acids is 2. The van der Waals surface area contributed by atoms with Gasteiger partial charge in [0.25, 0.3) is 5.91 Å². The highest BCUT2D eigenvalue weighted by atomic mass is 16.2. The third-order valence-electron chi connectivity index (χ3n) is 3.93. The maximum Gasteiger partial charge on any atom is 0.256 e. The van der Waals surface area contributed by atoms with E-state index in [0.717, 1.165) is 42.4 Å². The Balaban J connectivity index is 1.85. The minimum Gasteiger partial charge on any atom is -0.274 e. The van der Waals surface area contributed by atoms with Gasteiger partial charge in [-0.25, -0.2) is 0 Å². The zero-order valence-electron chi connectivity index (χ0n) is 10.9. The van der Waals surface area contributed by atoms with E-state index in [9.17, 15) is 9.59 Å². The molecule has 0 atom stereocenters. The Morgan fingerprint density at radius 1 is 1.00 bits per heavy atom. The van der Waals surface area contributed by atoms with Crippen molar-refractivity contribution in [3.63, 3.8) is 0 Å². The molecule has 19 heavy (non-hydrogen) atoms. The molecule has 0 aromatic heterocycles. The lowest BCUT2D eigenvalue weighted by molar-refractivity contribution is -0.144. The van der Waals surface area contributed by atoms with Crippen molar-refractivity contribution in [3.8, 4) is 0 Å². The van der Waals surface area contributed by atoms with Gasteiger partial charge in [-0.1, -0.05) is 35.9 Å². The van der Waals surface area contributed by atoms with E-state index in [1.54, 1.807) is 0 Å². The van der Waals surface area contributed by atoms with Gasteiger partial charge in [0.05, 0.1) is 6.54 Å². The second-order valence-corrected chi connectivity index (χ2v) is 5.24. The van der Waals surface area contributed by atoms with E-state index in [1.807, 2.05) is 30.3 Å². The smallest absolute Gasteiger partial charge is 0.256 e. The Morgan fingerprint density at radius 3 is 2.53 bits per heavy atom. The molecule has 0 fully saturated rings. The van der Waals surface area contributed by atoms with Crippen molar-refractivity contribution in [2.45, 2.75) is 38.6 Å². The summed E-state index contributed by atoms with van der Waals surface area (Å²) in [7, 11) is 0. The van der Waals surface area contributed by atoms with Gasteiger partial charge < -0.3 is 0 Å². The molecule has 0 saturated heterocycles. The molecule has 0 spiro atoms. The van der Waals surface area contributed by atoms with Crippen LogP contribution in [0.4, 0.5) is 0 Å². The lowest BCUT2D eigenvalue weighted by Gasteiger charge is -2.31. The molecule has 0 N–H and O–H groups in total. The number of amides is 2. The zero-order valence-corrected chi connectivity index (χ0v) is 10.9. The maximum atomic E-state index is 12.4. The normalized spacial score (nSPS) is 19.7. The first-order valence-corrected chi connectivity index (χ1v) is 6.85. The van der Waals surface area contributed by atoms with Crippen LogP contribution in [0, 0.1) is 0 Å². The minimum absolute atomic E-state index is 0.0468. The molecule has 2 aliphatic rings. The Morgan fingerprint density at radius 2 is 1.74 bits per heavy atom. The van der Waals surface area contributed by atoms with Gasteiger partial charge in [-0.3, -0.25) is 14.5 Å². The van der Waals surface area contributed by atoms with Crippen LogP contribution in [0.25, 0.3) is 0 Å². The molecule has 0 radical (unpaired) electrons. The topological polar surface area (TPSA) is 37.4 Å². The molecule has 1 aromatic carbocycles. The average molecular weight is 255 g/mol. The van der Waals surface area contributed by atoms with Crippen molar-refractivity contribution in [1.29, 1.82) is 0 Å². The minimum atomic E-state index is -0.0604. The van der Waals surface area contributed by atoms with Crippen LogP contribution in [0.15, 0.2) is 41.5 Å². The van der Waals surface area contributed by atoms with Crippen LogP contribution in [-0.2, 0) is 16.1 Å². The van der Waals surface area contributed by atoms with E-state index in [2.05, 4.69) is 0 Å². The van der Waals surface area contributed by atoms with E-state index in [-0.39, 0.29) is 11.8 Å². The quantitative estimate of drug-likeness (QED) is 0.762. The first-order valence-electron chi connectivity index (χ1n) is 6.85. The van der Waals surface area contributed by atoms with Gasteiger partial charge in [-0.05, 0) is 31.2 Å².